The van der Waals surface area contributed by atoms with Crippen LogP contribution in [0.25, 0.3) is 0 Å². The molecule has 0 bridgehead atoms. The van der Waals surface area contributed by atoms with Crippen LogP contribution in [-0.4, -0.2) is 24.7 Å². The molecule has 6 heteroatoms. The predicted molar refractivity (Wildman–Crippen MR) is 67.0 cm³/mol. The molecule has 0 aliphatic carbocycles. The van der Waals surface area contributed by atoms with Gasteiger partial charge in [0.15, 0.2) is 0 Å². The summed E-state index contributed by atoms with van der Waals surface area (Å²) in [5.41, 5.74) is 5.92. The Morgan fingerprint density at radius 1 is 1.56 bits per heavy atom. The molecule has 0 radical (unpaired) electrons. The van der Waals surface area contributed by atoms with Crippen molar-refractivity contribution >= 4 is 23.2 Å². The number of anilines is 1. The summed E-state index contributed by atoms with van der Waals surface area (Å²) >= 11 is 5.63. The zero-order valence-corrected chi connectivity index (χ0v) is 10.4. The van der Waals surface area contributed by atoms with Crippen molar-refractivity contribution in [2.45, 2.75) is 25.0 Å². The Labute approximate surface area is 109 Å². The van der Waals surface area contributed by atoms with Crippen LogP contribution in [0.4, 0.5) is 10.1 Å². The van der Waals surface area contributed by atoms with Crippen LogP contribution in [0, 0.1) is 5.82 Å². The first-order chi connectivity index (χ1) is 8.60. The van der Waals surface area contributed by atoms with Crippen LogP contribution >= 0.6 is 11.6 Å². The van der Waals surface area contributed by atoms with E-state index in [1.807, 2.05) is 0 Å². The summed E-state index contributed by atoms with van der Waals surface area (Å²) in [6.45, 7) is 0.409. The summed E-state index contributed by atoms with van der Waals surface area (Å²) < 4.78 is 18.4. The van der Waals surface area contributed by atoms with Crippen LogP contribution in [0.1, 0.15) is 12.8 Å². The molecule has 0 aromatic heterocycles. The number of nitrogens with two attached hydrogens (primary N) is 1. The van der Waals surface area contributed by atoms with E-state index in [-0.39, 0.29) is 17.0 Å². The van der Waals surface area contributed by atoms with Gasteiger partial charge >= 0.3 is 0 Å². The molecule has 1 fully saturated rings. The molecular weight excluding hydrogens is 259 g/mol. The van der Waals surface area contributed by atoms with Gasteiger partial charge < -0.3 is 15.8 Å². The summed E-state index contributed by atoms with van der Waals surface area (Å²) in [6.07, 6.45) is 0.862. The Kier molecular flexibility index (Phi) is 4.16. The van der Waals surface area contributed by atoms with Gasteiger partial charge in [-0.05, 0) is 31.0 Å². The molecule has 1 aromatic carbocycles. The Hall–Kier alpha value is -1.17. The van der Waals surface area contributed by atoms with Gasteiger partial charge in [0, 0.05) is 12.2 Å². The minimum atomic E-state index is -0.519. The van der Waals surface area contributed by atoms with E-state index in [4.69, 9.17) is 22.1 Å². The van der Waals surface area contributed by atoms with E-state index < -0.39 is 11.9 Å². The van der Waals surface area contributed by atoms with Gasteiger partial charge in [0.25, 0.3) is 5.91 Å². The summed E-state index contributed by atoms with van der Waals surface area (Å²) in [4.78, 5) is 11.9. The van der Waals surface area contributed by atoms with Crippen LogP contribution in [-0.2, 0) is 9.53 Å². The molecule has 18 heavy (non-hydrogen) atoms. The molecule has 1 aliphatic rings. The molecule has 3 N–H and O–H groups in total. The molecule has 1 aromatic rings. The Morgan fingerprint density at radius 2 is 2.33 bits per heavy atom. The van der Waals surface area contributed by atoms with Crippen LogP contribution in [0.3, 0.4) is 0 Å². The third-order valence-corrected chi connectivity index (χ3v) is 3.14. The molecule has 1 amide bonds. The normalized spacial score (nSPS) is 23.1. The minimum Gasteiger partial charge on any atom is -0.364 e. The lowest BCUT2D eigenvalue weighted by Crippen LogP contribution is -2.29. The summed E-state index contributed by atoms with van der Waals surface area (Å²) in [7, 11) is 0. The number of halogens is 2. The zero-order valence-electron chi connectivity index (χ0n) is 9.66. The van der Waals surface area contributed by atoms with Crippen molar-refractivity contribution in [2.24, 2.45) is 5.73 Å². The van der Waals surface area contributed by atoms with Crippen molar-refractivity contribution < 1.29 is 13.9 Å². The third kappa shape index (κ3) is 2.98. The SMILES string of the molecule is NC[C@H]1CC[C@@H](C(=O)Nc2ccc(F)c(Cl)c2)O1. The lowest BCUT2D eigenvalue weighted by atomic mass is 10.2. The standard InChI is InChI=1S/C12H14ClFN2O2/c13-9-5-7(1-3-10(9)14)16-12(17)11-4-2-8(6-15)18-11/h1,3,5,8,11H,2,4,6,15H2,(H,16,17)/t8-,11+/m1/s1. The topological polar surface area (TPSA) is 64.4 Å². The molecular formula is C12H14ClFN2O2. The fourth-order valence-electron chi connectivity index (χ4n) is 1.87. The molecule has 1 saturated heterocycles. The van der Waals surface area contributed by atoms with Crippen molar-refractivity contribution in [3.8, 4) is 0 Å². The maximum Gasteiger partial charge on any atom is 0.253 e. The smallest absolute Gasteiger partial charge is 0.253 e. The van der Waals surface area contributed by atoms with Crippen molar-refractivity contribution in [1.82, 2.24) is 0 Å². The quantitative estimate of drug-likeness (QED) is 0.884. The number of amides is 1. The summed E-state index contributed by atoms with van der Waals surface area (Å²) in [6, 6.07) is 4.02. The lowest BCUT2D eigenvalue weighted by Gasteiger charge is -2.12. The number of hydrogen-bond acceptors (Lipinski definition) is 3. The number of benzene rings is 1. The highest BCUT2D eigenvalue weighted by molar-refractivity contribution is 6.31. The van der Waals surface area contributed by atoms with Gasteiger partial charge in [-0.25, -0.2) is 4.39 Å². The highest BCUT2D eigenvalue weighted by atomic mass is 35.5. The van der Waals surface area contributed by atoms with E-state index in [2.05, 4.69) is 5.32 Å². The van der Waals surface area contributed by atoms with Gasteiger partial charge in [0.1, 0.15) is 11.9 Å². The molecule has 0 spiro atoms. The van der Waals surface area contributed by atoms with E-state index in [1.165, 1.54) is 18.2 Å². The molecule has 0 saturated carbocycles. The van der Waals surface area contributed by atoms with Crippen LogP contribution in [0.2, 0.25) is 5.02 Å². The van der Waals surface area contributed by atoms with Crippen LogP contribution in [0.15, 0.2) is 18.2 Å². The number of hydrogen-bond donors (Lipinski definition) is 2. The number of carbonyl (C=O) groups is 1. The Bertz CT molecular complexity index is 456. The first kappa shape index (κ1) is 13.3. The van der Waals surface area contributed by atoms with Gasteiger partial charge in [-0.15, -0.1) is 0 Å². The van der Waals surface area contributed by atoms with Gasteiger partial charge in [-0.2, -0.15) is 0 Å². The highest BCUT2D eigenvalue weighted by Gasteiger charge is 2.29. The second-order valence-electron chi connectivity index (χ2n) is 4.18. The molecule has 2 atom stereocenters. The van der Waals surface area contributed by atoms with Gasteiger partial charge in [0.2, 0.25) is 0 Å². The van der Waals surface area contributed by atoms with Crippen molar-refractivity contribution in [1.29, 1.82) is 0 Å². The Balaban J connectivity index is 1.97. The predicted octanol–water partition coefficient (Wildman–Crippen LogP) is 1.92. The van der Waals surface area contributed by atoms with Gasteiger partial charge in [0.05, 0.1) is 11.1 Å². The van der Waals surface area contributed by atoms with E-state index in [9.17, 15) is 9.18 Å². The van der Waals surface area contributed by atoms with Crippen molar-refractivity contribution in [2.75, 3.05) is 11.9 Å². The summed E-state index contributed by atoms with van der Waals surface area (Å²) in [5, 5.41) is 2.61. The van der Waals surface area contributed by atoms with Crippen molar-refractivity contribution in [3.05, 3.63) is 29.0 Å². The average Bonchev–Trinajstić information content (AvgIpc) is 2.82. The lowest BCUT2D eigenvalue weighted by molar-refractivity contribution is -0.126. The van der Waals surface area contributed by atoms with E-state index >= 15 is 0 Å². The third-order valence-electron chi connectivity index (χ3n) is 2.85. The molecule has 4 nitrogen and oxygen atoms in total. The number of rotatable bonds is 3. The molecule has 98 valence electrons. The summed E-state index contributed by atoms with van der Waals surface area (Å²) in [5.74, 6) is -0.774. The van der Waals surface area contributed by atoms with E-state index in [0.29, 0.717) is 18.7 Å². The molecule has 1 heterocycles. The molecule has 2 rings (SSSR count). The maximum atomic E-state index is 13.0. The van der Waals surface area contributed by atoms with Gasteiger partial charge in [-0.1, -0.05) is 11.6 Å². The van der Waals surface area contributed by atoms with Crippen LogP contribution in [0.5, 0.6) is 0 Å². The zero-order chi connectivity index (χ0) is 13.1. The second-order valence-corrected chi connectivity index (χ2v) is 4.59. The molecule has 1 aliphatic heterocycles. The fourth-order valence-corrected chi connectivity index (χ4v) is 2.05. The maximum absolute atomic E-state index is 13.0. The van der Waals surface area contributed by atoms with Gasteiger partial charge in [-0.3, -0.25) is 4.79 Å². The number of ether oxygens (including phenoxy) is 1. The Morgan fingerprint density at radius 3 is 2.94 bits per heavy atom. The van der Waals surface area contributed by atoms with E-state index in [1.54, 1.807) is 0 Å². The average molecular weight is 273 g/mol. The fraction of sp³-hybridized carbons (Fsp3) is 0.417. The largest absolute Gasteiger partial charge is 0.364 e. The molecule has 0 unspecified atom stereocenters. The van der Waals surface area contributed by atoms with Crippen LogP contribution < -0.4 is 11.1 Å². The minimum absolute atomic E-state index is 0.0278. The second kappa shape index (κ2) is 5.65. The number of carbonyl (C=O) groups excluding carboxylic acids is 1. The monoisotopic (exact) mass is 272 g/mol. The highest BCUT2D eigenvalue weighted by Crippen LogP contribution is 2.22. The first-order valence-electron chi connectivity index (χ1n) is 5.71. The first-order valence-corrected chi connectivity index (χ1v) is 6.09. The number of nitrogens with one attached hydrogen (secondary N) is 1. The van der Waals surface area contributed by atoms with E-state index in [0.717, 1.165) is 6.42 Å². The van der Waals surface area contributed by atoms with Crippen molar-refractivity contribution in [3.63, 3.8) is 0 Å².